The summed E-state index contributed by atoms with van der Waals surface area (Å²) in [5.74, 6) is -0.0813. The van der Waals surface area contributed by atoms with Crippen molar-refractivity contribution in [1.82, 2.24) is 0 Å². The van der Waals surface area contributed by atoms with Crippen LogP contribution in [0.5, 0.6) is 11.5 Å². The van der Waals surface area contributed by atoms with E-state index < -0.39 is 29.9 Å². The molecule has 0 aromatic heterocycles. The molecule has 0 N–H and O–H groups in total. The summed E-state index contributed by atoms with van der Waals surface area (Å²) in [5, 5.41) is 0. The molecule has 0 fully saturated rings. The standard InChI is InChI=1S/C20H14F6O4/c1-18(2)10-15(11-3-5-12(6-4-11)19(21,22)23)14-8-7-13(9-16(14)29-18)28-17(27)30-20(24,25)26/h3-10H,1-2H3. The molecule has 1 aliphatic rings. The van der Waals surface area contributed by atoms with E-state index in [0.717, 1.165) is 12.1 Å². The van der Waals surface area contributed by atoms with Gasteiger partial charge in [-0.25, -0.2) is 4.79 Å². The van der Waals surface area contributed by atoms with E-state index in [4.69, 9.17) is 4.74 Å². The third-order valence-electron chi connectivity index (χ3n) is 4.03. The summed E-state index contributed by atoms with van der Waals surface area (Å²) in [6, 6.07) is 8.36. The van der Waals surface area contributed by atoms with Crippen molar-refractivity contribution >= 4 is 11.7 Å². The summed E-state index contributed by atoms with van der Waals surface area (Å²) in [7, 11) is 0. The van der Waals surface area contributed by atoms with Gasteiger partial charge in [0.25, 0.3) is 0 Å². The highest BCUT2D eigenvalue weighted by Gasteiger charge is 2.36. The SMILES string of the molecule is CC1(C)C=C(c2ccc(C(F)(F)F)cc2)c2ccc(OC(=O)OC(F)(F)F)cc2O1. The molecule has 0 unspecified atom stereocenters. The molecule has 0 atom stereocenters. The van der Waals surface area contributed by atoms with Crippen LogP contribution in [0.2, 0.25) is 0 Å². The average Bonchev–Trinajstić information content (AvgIpc) is 2.57. The molecule has 0 bridgehead atoms. The van der Waals surface area contributed by atoms with Gasteiger partial charge < -0.3 is 14.2 Å². The van der Waals surface area contributed by atoms with Crippen LogP contribution in [-0.4, -0.2) is 18.1 Å². The minimum atomic E-state index is -5.19. The first-order valence-corrected chi connectivity index (χ1v) is 8.45. The van der Waals surface area contributed by atoms with Crippen molar-refractivity contribution in [3.8, 4) is 11.5 Å². The molecule has 0 radical (unpaired) electrons. The molecule has 0 saturated heterocycles. The Morgan fingerprint density at radius 1 is 0.967 bits per heavy atom. The maximum absolute atomic E-state index is 12.8. The second kappa shape index (κ2) is 7.26. The fourth-order valence-corrected chi connectivity index (χ4v) is 2.90. The zero-order valence-corrected chi connectivity index (χ0v) is 15.5. The molecule has 0 aliphatic carbocycles. The van der Waals surface area contributed by atoms with Gasteiger partial charge in [0.2, 0.25) is 0 Å². The van der Waals surface area contributed by atoms with E-state index in [1.165, 1.54) is 30.3 Å². The maximum atomic E-state index is 12.8. The van der Waals surface area contributed by atoms with Gasteiger partial charge in [-0.2, -0.15) is 13.2 Å². The number of hydrogen-bond acceptors (Lipinski definition) is 4. The summed E-state index contributed by atoms with van der Waals surface area (Å²) in [6.45, 7) is 3.37. The van der Waals surface area contributed by atoms with Crippen LogP contribution in [0.15, 0.2) is 48.5 Å². The van der Waals surface area contributed by atoms with Crippen molar-refractivity contribution in [3.63, 3.8) is 0 Å². The van der Waals surface area contributed by atoms with Crippen molar-refractivity contribution in [1.29, 1.82) is 0 Å². The summed E-state index contributed by atoms with van der Waals surface area (Å²) in [4.78, 5) is 11.2. The largest absolute Gasteiger partial charge is 0.577 e. The van der Waals surface area contributed by atoms with E-state index in [9.17, 15) is 31.1 Å². The number of halogens is 6. The Hall–Kier alpha value is -3.17. The number of fused-ring (bicyclic) bond motifs is 1. The van der Waals surface area contributed by atoms with E-state index in [1.807, 2.05) is 0 Å². The minimum absolute atomic E-state index is 0.176. The van der Waals surface area contributed by atoms with Crippen molar-refractivity contribution < 1.29 is 45.3 Å². The molecule has 0 spiro atoms. The quantitative estimate of drug-likeness (QED) is 0.316. The zero-order chi connectivity index (χ0) is 22.3. The topological polar surface area (TPSA) is 44.8 Å². The molecule has 0 saturated carbocycles. The third-order valence-corrected chi connectivity index (χ3v) is 4.03. The van der Waals surface area contributed by atoms with Crippen LogP contribution in [0.4, 0.5) is 31.1 Å². The molecule has 1 aliphatic heterocycles. The van der Waals surface area contributed by atoms with Crippen LogP contribution < -0.4 is 9.47 Å². The highest BCUT2D eigenvalue weighted by atomic mass is 19.4. The summed E-state index contributed by atoms with van der Waals surface area (Å²) >= 11 is 0. The predicted octanol–water partition coefficient (Wildman–Crippen LogP) is 6.34. The first-order chi connectivity index (χ1) is 13.7. The van der Waals surface area contributed by atoms with Gasteiger partial charge in [0.15, 0.2) is 0 Å². The molecular weight excluding hydrogens is 418 g/mol. The van der Waals surface area contributed by atoms with Gasteiger partial charge in [0, 0.05) is 11.6 Å². The molecule has 0 amide bonds. The summed E-state index contributed by atoms with van der Waals surface area (Å²) in [6.07, 6.45) is -9.92. The van der Waals surface area contributed by atoms with E-state index in [-0.39, 0.29) is 11.5 Å². The van der Waals surface area contributed by atoms with Gasteiger partial charge in [-0.3, -0.25) is 0 Å². The van der Waals surface area contributed by atoms with Gasteiger partial charge in [0.05, 0.1) is 5.56 Å². The molecule has 4 nitrogen and oxygen atoms in total. The molecule has 2 aromatic rings. The molecule has 10 heteroatoms. The number of rotatable bonds is 2. The molecule has 2 aromatic carbocycles. The monoisotopic (exact) mass is 432 g/mol. The lowest BCUT2D eigenvalue weighted by Gasteiger charge is -2.31. The Morgan fingerprint density at radius 2 is 1.60 bits per heavy atom. The molecule has 30 heavy (non-hydrogen) atoms. The Bertz CT molecular complexity index is 988. The molecule has 3 rings (SSSR count). The average molecular weight is 432 g/mol. The number of hydrogen-bond donors (Lipinski definition) is 0. The Kier molecular flexibility index (Phi) is 5.21. The Labute approximate surface area is 166 Å². The molecule has 1 heterocycles. The molecular formula is C20H14F6O4. The minimum Gasteiger partial charge on any atom is -0.483 e. The number of benzene rings is 2. The highest BCUT2D eigenvalue weighted by molar-refractivity contribution is 5.85. The highest BCUT2D eigenvalue weighted by Crippen LogP contribution is 2.42. The van der Waals surface area contributed by atoms with Gasteiger partial charge in [0.1, 0.15) is 17.1 Å². The van der Waals surface area contributed by atoms with Crippen molar-refractivity contribution in [2.75, 3.05) is 0 Å². The lowest BCUT2D eigenvalue weighted by atomic mass is 9.89. The van der Waals surface area contributed by atoms with Crippen LogP contribution in [0.1, 0.15) is 30.5 Å². The van der Waals surface area contributed by atoms with Crippen LogP contribution in [0.3, 0.4) is 0 Å². The fraction of sp³-hybridized carbons (Fsp3) is 0.250. The normalized spacial score (nSPS) is 15.5. The number of carbonyl (C=O) groups excluding carboxylic acids is 1. The molecule has 160 valence electrons. The van der Waals surface area contributed by atoms with Crippen molar-refractivity contribution in [2.45, 2.75) is 32.0 Å². The lowest BCUT2D eigenvalue weighted by Crippen LogP contribution is -2.29. The van der Waals surface area contributed by atoms with Crippen LogP contribution >= 0.6 is 0 Å². The summed E-state index contributed by atoms with van der Waals surface area (Å²) in [5.41, 5.74) is -0.197. The van der Waals surface area contributed by atoms with E-state index in [0.29, 0.717) is 16.7 Å². The van der Waals surface area contributed by atoms with Crippen molar-refractivity contribution in [3.05, 3.63) is 65.2 Å². The van der Waals surface area contributed by atoms with Gasteiger partial charge in [-0.15, -0.1) is 13.2 Å². The Morgan fingerprint density at radius 3 is 2.17 bits per heavy atom. The first-order valence-electron chi connectivity index (χ1n) is 8.45. The van der Waals surface area contributed by atoms with E-state index in [2.05, 4.69) is 9.47 Å². The third kappa shape index (κ3) is 5.05. The second-order valence-corrected chi connectivity index (χ2v) is 6.90. The van der Waals surface area contributed by atoms with Gasteiger partial charge in [-0.05, 0) is 55.3 Å². The van der Waals surface area contributed by atoms with Gasteiger partial charge in [-0.1, -0.05) is 12.1 Å². The predicted molar refractivity (Wildman–Crippen MR) is 92.8 cm³/mol. The smallest absolute Gasteiger partial charge is 0.483 e. The number of alkyl halides is 6. The summed E-state index contributed by atoms with van der Waals surface area (Å²) < 4.78 is 88.2. The number of carbonyl (C=O) groups is 1. The van der Waals surface area contributed by atoms with Crippen molar-refractivity contribution in [2.24, 2.45) is 0 Å². The Balaban J connectivity index is 1.93. The van der Waals surface area contributed by atoms with Crippen LogP contribution in [-0.2, 0) is 10.9 Å². The van der Waals surface area contributed by atoms with E-state index in [1.54, 1.807) is 19.9 Å². The van der Waals surface area contributed by atoms with Crippen LogP contribution in [0.25, 0.3) is 5.57 Å². The van der Waals surface area contributed by atoms with Crippen LogP contribution in [0, 0.1) is 0 Å². The van der Waals surface area contributed by atoms with Gasteiger partial charge >= 0.3 is 18.7 Å². The number of ether oxygens (including phenoxy) is 3. The fourth-order valence-electron chi connectivity index (χ4n) is 2.90. The second-order valence-electron chi connectivity index (χ2n) is 6.90. The first kappa shape index (κ1) is 21.5. The zero-order valence-electron chi connectivity index (χ0n) is 15.5. The lowest BCUT2D eigenvalue weighted by molar-refractivity contribution is -0.296. The van der Waals surface area contributed by atoms with E-state index >= 15 is 0 Å². The maximum Gasteiger partial charge on any atom is 0.577 e.